The van der Waals surface area contributed by atoms with Crippen LogP contribution in [-0.4, -0.2) is 26.4 Å². The topological polar surface area (TPSA) is 95.3 Å². The summed E-state index contributed by atoms with van der Waals surface area (Å²) in [5.41, 5.74) is 12.9. The predicted octanol–water partition coefficient (Wildman–Crippen LogP) is 4.00. The summed E-state index contributed by atoms with van der Waals surface area (Å²) in [4.78, 5) is 13.0. The summed E-state index contributed by atoms with van der Waals surface area (Å²) in [6.45, 7) is 4.17. The zero-order valence-corrected chi connectivity index (χ0v) is 15.0. The van der Waals surface area contributed by atoms with Gasteiger partial charge in [-0.1, -0.05) is 49.7 Å². The van der Waals surface area contributed by atoms with Crippen molar-refractivity contribution >= 4 is 5.78 Å². The van der Waals surface area contributed by atoms with Crippen LogP contribution in [-0.2, 0) is 6.54 Å². The lowest BCUT2D eigenvalue weighted by Gasteiger charge is -2.17. The number of benzene rings is 2. The Morgan fingerprint density at radius 3 is 2.54 bits per heavy atom. The summed E-state index contributed by atoms with van der Waals surface area (Å²) in [6, 6.07) is 11.7. The van der Waals surface area contributed by atoms with Gasteiger partial charge in [-0.05, 0) is 46.0 Å². The number of unbranched alkanes of at least 4 members (excludes halogenated alkanes) is 1. The van der Waals surface area contributed by atoms with E-state index in [1.165, 1.54) is 0 Å². The third-order valence-electron chi connectivity index (χ3n) is 4.62. The fourth-order valence-corrected chi connectivity index (χ4v) is 3.19. The van der Waals surface area contributed by atoms with Crippen LogP contribution in [0.1, 0.15) is 47.7 Å². The average molecular weight is 348 g/mol. The summed E-state index contributed by atoms with van der Waals surface area (Å²) in [7, 11) is 0. The molecule has 6 nitrogen and oxygen atoms in total. The molecule has 0 spiro atoms. The van der Waals surface area contributed by atoms with Crippen LogP contribution in [0, 0.1) is 6.92 Å². The van der Waals surface area contributed by atoms with Crippen LogP contribution in [0.15, 0.2) is 36.4 Å². The number of Topliss-reactive ketones (excluding diaryl/α,β-unsaturated/α-hetero) is 1. The van der Waals surface area contributed by atoms with Crippen LogP contribution >= 0.6 is 0 Å². The molecule has 0 atom stereocenters. The van der Waals surface area contributed by atoms with E-state index in [1.54, 1.807) is 0 Å². The Morgan fingerprint density at radius 2 is 1.88 bits per heavy atom. The van der Waals surface area contributed by atoms with E-state index in [9.17, 15) is 4.79 Å². The summed E-state index contributed by atoms with van der Waals surface area (Å²) in [6.07, 6.45) is 2.34. The van der Waals surface area contributed by atoms with Gasteiger partial charge in [0.2, 0.25) is 0 Å². The Labute approximate surface area is 152 Å². The Bertz CT molecular complexity index is 903. The fraction of sp³-hybridized carbons (Fsp3) is 0.300. The van der Waals surface area contributed by atoms with Crippen molar-refractivity contribution in [2.75, 3.05) is 0 Å². The number of aromatic nitrogens is 4. The molecule has 1 radical (unpaired) electrons. The van der Waals surface area contributed by atoms with Crippen molar-refractivity contribution in [1.82, 2.24) is 26.4 Å². The number of nitrogens with zero attached hydrogens (tertiary/aromatic N) is 3. The first kappa shape index (κ1) is 17.9. The second kappa shape index (κ2) is 8.01. The van der Waals surface area contributed by atoms with Crippen molar-refractivity contribution in [1.29, 1.82) is 0 Å². The zero-order valence-electron chi connectivity index (χ0n) is 15.0. The van der Waals surface area contributed by atoms with Crippen molar-refractivity contribution in [3.63, 3.8) is 0 Å². The first-order valence-corrected chi connectivity index (χ1v) is 8.81. The SMILES string of the molecule is CCCCC(=O)c1c(-c2ccccc2-c2nnn[nH]2)ccc(C[NH])c1C. The molecule has 0 aliphatic rings. The normalized spacial score (nSPS) is 10.9. The summed E-state index contributed by atoms with van der Waals surface area (Å²) in [5, 5.41) is 14.1. The van der Waals surface area contributed by atoms with Crippen LogP contribution in [0.25, 0.3) is 22.5 Å². The van der Waals surface area contributed by atoms with E-state index in [2.05, 4.69) is 27.5 Å². The third kappa shape index (κ3) is 3.41. The van der Waals surface area contributed by atoms with E-state index in [0.29, 0.717) is 17.8 Å². The standard InChI is InChI=1S/C20H22N5O/c1-3-4-9-18(26)19-13(2)14(12-21)10-11-16(19)15-7-5-6-8-17(15)20-22-24-25-23-20/h5-8,10-11,21H,3-4,9,12H2,1-2H3,(H,22,23,24,25). The van der Waals surface area contributed by atoms with Crippen molar-refractivity contribution in [2.45, 2.75) is 39.7 Å². The van der Waals surface area contributed by atoms with Gasteiger partial charge in [0.1, 0.15) is 0 Å². The van der Waals surface area contributed by atoms with Gasteiger partial charge in [0.15, 0.2) is 11.6 Å². The van der Waals surface area contributed by atoms with Crippen molar-refractivity contribution < 1.29 is 4.79 Å². The van der Waals surface area contributed by atoms with Crippen molar-refractivity contribution in [3.05, 3.63) is 53.1 Å². The van der Waals surface area contributed by atoms with Crippen LogP contribution in [0.2, 0.25) is 0 Å². The number of ketones is 1. The van der Waals surface area contributed by atoms with Gasteiger partial charge in [0.05, 0.1) is 0 Å². The molecule has 133 valence electrons. The molecule has 3 aromatic rings. The minimum absolute atomic E-state index is 0.125. The highest BCUT2D eigenvalue weighted by atomic mass is 16.1. The molecule has 0 saturated carbocycles. The first-order chi connectivity index (χ1) is 12.7. The van der Waals surface area contributed by atoms with Crippen molar-refractivity contribution in [2.24, 2.45) is 0 Å². The monoisotopic (exact) mass is 348 g/mol. The lowest BCUT2D eigenvalue weighted by Crippen LogP contribution is -2.08. The Morgan fingerprint density at radius 1 is 1.12 bits per heavy atom. The van der Waals surface area contributed by atoms with Gasteiger partial charge in [-0.2, -0.15) is 0 Å². The maximum absolute atomic E-state index is 13.0. The molecule has 2 aromatic carbocycles. The minimum atomic E-state index is 0.125. The number of tetrazole rings is 1. The summed E-state index contributed by atoms with van der Waals surface area (Å²) in [5.74, 6) is 0.690. The molecule has 0 bridgehead atoms. The number of carbonyl (C=O) groups excluding carboxylic acids is 1. The second-order valence-corrected chi connectivity index (χ2v) is 6.27. The largest absolute Gasteiger partial charge is 0.294 e. The molecular weight excluding hydrogens is 326 g/mol. The first-order valence-electron chi connectivity index (χ1n) is 8.81. The van der Waals surface area contributed by atoms with E-state index >= 15 is 0 Å². The van der Waals surface area contributed by atoms with Gasteiger partial charge in [-0.3, -0.25) is 10.5 Å². The highest BCUT2D eigenvalue weighted by Crippen LogP contribution is 2.35. The Balaban J connectivity index is 2.20. The summed E-state index contributed by atoms with van der Waals surface area (Å²) >= 11 is 0. The lowest BCUT2D eigenvalue weighted by molar-refractivity contribution is 0.0979. The number of rotatable bonds is 7. The Kier molecular flexibility index (Phi) is 5.53. The van der Waals surface area contributed by atoms with E-state index in [0.717, 1.165) is 40.7 Å². The van der Waals surface area contributed by atoms with Crippen LogP contribution in [0.4, 0.5) is 0 Å². The maximum atomic E-state index is 13.0. The van der Waals surface area contributed by atoms with E-state index < -0.39 is 0 Å². The highest BCUT2D eigenvalue weighted by Gasteiger charge is 2.20. The Hall–Kier alpha value is -2.86. The van der Waals surface area contributed by atoms with Gasteiger partial charge in [-0.25, -0.2) is 5.10 Å². The van der Waals surface area contributed by atoms with E-state index in [-0.39, 0.29) is 12.3 Å². The molecular formula is C20H22N5O. The van der Waals surface area contributed by atoms with E-state index in [4.69, 9.17) is 5.73 Å². The lowest BCUT2D eigenvalue weighted by atomic mass is 9.87. The average Bonchev–Trinajstić information content (AvgIpc) is 3.20. The molecule has 3 rings (SSSR count). The number of hydrogen-bond acceptors (Lipinski definition) is 4. The molecule has 0 saturated heterocycles. The number of hydrogen-bond donors (Lipinski definition) is 1. The van der Waals surface area contributed by atoms with Crippen LogP contribution in [0.5, 0.6) is 0 Å². The van der Waals surface area contributed by atoms with Gasteiger partial charge in [-0.15, -0.1) is 5.10 Å². The fourth-order valence-electron chi connectivity index (χ4n) is 3.19. The highest BCUT2D eigenvalue weighted by molar-refractivity contribution is 6.05. The van der Waals surface area contributed by atoms with Crippen LogP contribution < -0.4 is 5.73 Å². The van der Waals surface area contributed by atoms with Gasteiger partial charge >= 0.3 is 0 Å². The number of H-pyrrole nitrogens is 1. The predicted molar refractivity (Wildman–Crippen MR) is 100 cm³/mol. The van der Waals surface area contributed by atoms with E-state index in [1.807, 2.05) is 43.3 Å². The molecule has 2 N–H and O–H groups in total. The van der Waals surface area contributed by atoms with Gasteiger partial charge in [0, 0.05) is 24.1 Å². The quantitative estimate of drug-likeness (QED) is 0.653. The molecule has 6 heteroatoms. The van der Waals surface area contributed by atoms with Crippen molar-refractivity contribution in [3.8, 4) is 22.5 Å². The summed E-state index contributed by atoms with van der Waals surface area (Å²) < 4.78 is 0. The third-order valence-corrected chi connectivity index (χ3v) is 4.62. The molecule has 26 heavy (non-hydrogen) atoms. The molecule has 0 unspecified atom stereocenters. The van der Waals surface area contributed by atoms with Gasteiger partial charge in [0.25, 0.3) is 0 Å². The maximum Gasteiger partial charge on any atom is 0.180 e. The number of aromatic amines is 1. The molecule has 0 aliphatic carbocycles. The molecule has 0 aliphatic heterocycles. The minimum Gasteiger partial charge on any atom is -0.294 e. The molecule has 1 aromatic heterocycles. The molecule has 0 amide bonds. The van der Waals surface area contributed by atoms with Gasteiger partial charge < -0.3 is 0 Å². The number of nitrogens with one attached hydrogen (secondary N) is 2. The zero-order chi connectivity index (χ0) is 18.5. The number of carbonyl (C=O) groups is 1. The molecule has 0 fully saturated rings. The smallest absolute Gasteiger partial charge is 0.180 e. The van der Waals surface area contributed by atoms with Crippen LogP contribution in [0.3, 0.4) is 0 Å². The molecule has 1 heterocycles. The second-order valence-electron chi connectivity index (χ2n) is 6.27.